The number of anilines is 2. The lowest BCUT2D eigenvalue weighted by atomic mass is 9.77. The van der Waals surface area contributed by atoms with Gasteiger partial charge in [-0.2, -0.15) is 0 Å². The molecule has 1 unspecified atom stereocenters. The van der Waals surface area contributed by atoms with E-state index in [1.54, 1.807) is 18.5 Å². The van der Waals surface area contributed by atoms with E-state index < -0.39 is 11.4 Å². The molecule has 0 spiro atoms. The van der Waals surface area contributed by atoms with Crippen molar-refractivity contribution in [3.05, 3.63) is 25.0 Å². The first-order valence-corrected chi connectivity index (χ1v) is 7.08. The Kier molecular flexibility index (Phi) is 4.45. The molecule has 2 rings (SSSR count). The van der Waals surface area contributed by atoms with Gasteiger partial charge in [0.25, 0.3) is 0 Å². The molecule has 0 aromatic carbocycles. The summed E-state index contributed by atoms with van der Waals surface area (Å²) >= 11 is 0. The molecule has 6 nitrogen and oxygen atoms in total. The van der Waals surface area contributed by atoms with E-state index in [4.69, 9.17) is 0 Å². The summed E-state index contributed by atoms with van der Waals surface area (Å²) in [7, 11) is 3.82. The Morgan fingerprint density at radius 1 is 1.52 bits per heavy atom. The van der Waals surface area contributed by atoms with Crippen LogP contribution < -0.4 is 9.80 Å². The number of carboxylic acid groups (broad SMARTS) is 1. The van der Waals surface area contributed by atoms with Gasteiger partial charge in [-0.25, -0.2) is 9.97 Å². The van der Waals surface area contributed by atoms with Crippen LogP contribution in [0.5, 0.6) is 0 Å². The summed E-state index contributed by atoms with van der Waals surface area (Å²) in [6.45, 7) is 4.94. The third-order valence-corrected chi connectivity index (χ3v) is 3.95. The van der Waals surface area contributed by atoms with Gasteiger partial charge in [-0.3, -0.25) is 4.79 Å². The quantitative estimate of drug-likeness (QED) is 0.834. The molecular weight excluding hydrogens is 268 g/mol. The summed E-state index contributed by atoms with van der Waals surface area (Å²) in [6, 6.07) is 0. The second-order valence-corrected chi connectivity index (χ2v) is 5.70. The molecule has 0 bridgehead atoms. The number of hydrogen-bond acceptors (Lipinski definition) is 5. The molecule has 1 saturated heterocycles. The Balaban J connectivity index is 2.33. The Hall–Kier alpha value is -2.11. The fourth-order valence-electron chi connectivity index (χ4n) is 2.88. The third-order valence-electron chi connectivity index (χ3n) is 3.95. The predicted molar refractivity (Wildman–Crippen MR) is 82.7 cm³/mol. The van der Waals surface area contributed by atoms with E-state index in [1.165, 1.54) is 0 Å². The monoisotopic (exact) mass is 290 g/mol. The summed E-state index contributed by atoms with van der Waals surface area (Å²) in [6.07, 6.45) is 6.95. The maximum Gasteiger partial charge on any atom is 0.311 e. The Morgan fingerprint density at radius 2 is 2.24 bits per heavy atom. The van der Waals surface area contributed by atoms with Crippen molar-refractivity contribution >= 4 is 17.6 Å². The van der Waals surface area contributed by atoms with Gasteiger partial charge >= 0.3 is 5.97 Å². The number of nitrogens with zero attached hydrogens (tertiary/aromatic N) is 4. The molecule has 6 heteroatoms. The van der Waals surface area contributed by atoms with Gasteiger partial charge in [0.2, 0.25) is 0 Å². The van der Waals surface area contributed by atoms with Gasteiger partial charge in [0.15, 0.2) is 11.6 Å². The van der Waals surface area contributed by atoms with Crippen molar-refractivity contribution in [1.29, 1.82) is 0 Å². The first-order valence-electron chi connectivity index (χ1n) is 7.08. The van der Waals surface area contributed by atoms with E-state index >= 15 is 0 Å². The highest BCUT2D eigenvalue weighted by atomic mass is 16.4. The van der Waals surface area contributed by atoms with Crippen LogP contribution in [0.1, 0.15) is 19.3 Å². The molecule has 1 aliphatic heterocycles. The maximum atomic E-state index is 11.7. The Morgan fingerprint density at radius 3 is 2.86 bits per heavy atom. The smallest absolute Gasteiger partial charge is 0.311 e. The number of carboxylic acids is 1. The number of piperidine rings is 1. The van der Waals surface area contributed by atoms with Crippen LogP contribution in [0.15, 0.2) is 25.0 Å². The van der Waals surface area contributed by atoms with Crippen LogP contribution in [0, 0.1) is 5.41 Å². The van der Waals surface area contributed by atoms with Crippen molar-refractivity contribution in [1.82, 2.24) is 9.97 Å². The highest BCUT2D eigenvalue weighted by Gasteiger charge is 2.42. The molecule has 1 aromatic heterocycles. The minimum absolute atomic E-state index is 0.438. The van der Waals surface area contributed by atoms with E-state index in [9.17, 15) is 9.90 Å². The van der Waals surface area contributed by atoms with Gasteiger partial charge in [-0.15, -0.1) is 6.58 Å². The van der Waals surface area contributed by atoms with Gasteiger partial charge in [0.05, 0.1) is 5.41 Å². The fourth-order valence-corrected chi connectivity index (χ4v) is 2.88. The van der Waals surface area contributed by atoms with Crippen LogP contribution in [0.2, 0.25) is 0 Å². The lowest BCUT2D eigenvalue weighted by Gasteiger charge is -2.40. The zero-order chi connectivity index (χ0) is 15.5. The highest BCUT2D eigenvalue weighted by Crippen LogP contribution is 2.37. The number of allylic oxidation sites excluding steroid dienone is 1. The van der Waals surface area contributed by atoms with Crippen LogP contribution in [0.4, 0.5) is 11.6 Å². The normalized spacial score (nSPS) is 21.9. The number of aromatic nitrogens is 2. The minimum atomic E-state index is -0.777. The van der Waals surface area contributed by atoms with Crippen molar-refractivity contribution in [3.8, 4) is 0 Å². The molecule has 0 saturated carbocycles. The SMILES string of the molecule is C=CCC1(C(=O)O)CCCN(c2nccnc2N(C)C)C1. The molecule has 1 aromatic rings. The number of aliphatic carboxylic acids is 1. The van der Waals surface area contributed by atoms with Gasteiger partial charge < -0.3 is 14.9 Å². The Labute approximate surface area is 125 Å². The van der Waals surface area contributed by atoms with E-state index in [2.05, 4.69) is 16.5 Å². The first-order chi connectivity index (χ1) is 10.00. The van der Waals surface area contributed by atoms with E-state index in [1.807, 2.05) is 23.9 Å². The summed E-state index contributed by atoms with van der Waals surface area (Å²) in [5, 5.41) is 9.64. The van der Waals surface area contributed by atoms with Crippen molar-refractivity contribution in [2.75, 3.05) is 37.0 Å². The summed E-state index contributed by atoms with van der Waals surface area (Å²) in [5.74, 6) is 0.747. The lowest BCUT2D eigenvalue weighted by Crippen LogP contribution is -2.48. The topological polar surface area (TPSA) is 69.6 Å². The fraction of sp³-hybridized carbons (Fsp3) is 0.533. The zero-order valence-electron chi connectivity index (χ0n) is 12.6. The second kappa shape index (κ2) is 6.11. The van der Waals surface area contributed by atoms with Crippen molar-refractivity contribution < 1.29 is 9.90 Å². The first kappa shape index (κ1) is 15.3. The molecule has 114 valence electrons. The standard InChI is InChI=1S/C15H22N4O2/c1-4-6-15(14(20)21)7-5-10-19(11-15)13-12(18(2)3)16-8-9-17-13/h4,8-9H,1,5-7,10-11H2,2-3H3,(H,20,21). The van der Waals surface area contributed by atoms with Crippen LogP contribution in [0.3, 0.4) is 0 Å². The number of rotatable bonds is 5. The minimum Gasteiger partial charge on any atom is -0.481 e. The average molecular weight is 290 g/mol. The molecule has 1 N–H and O–H groups in total. The average Bonchev–Trinajstić information content (AvgIpc) is 2.47. The predicted octanol–water partition coefficient (Wildman–Crippen LogP) is 1.79. The van der Waals surface area contributed by atoms with Crippen LogP contribution in [-0.2, 0) is 4.79 Å². The van der Waals surface area contributed by atoms with Crippen molar-refractivity contribution in [2.24, 2.45) is 5.41 Å². The van der Waals surface area contributed by atoms with Gasteiger partial charge in [0, 0.05) is 39.6 Å². The largest absolute Gasteiger partial charge is 0.481 e. The summed E-state index contributed by atoms with van der Waals surface area (Å²) in [4.78, 5) is 24.4. The molecule has 2 heterocycles. The number of carbonyl (C=O) groups is 1. The van der Waals surface area contributed by atoms with Crippen LogP contribution in [-0.4, -0.2) is 48.2 Å². The van der Waals surface area contributed by atoms with Gasteiger partial charge in [-0.1, -0.05) is 6.08 Å². The second-order valence-electron chi connectivity index (χ2n) is 5.70. The highest BCUT2D eigenvalue weighted by molar-refractivity contribution is 5.77. The van der Waals surface area contributed by atoms with Crippen molar-refractivity contribution in [3.63, 3.8) is 0 Å². The van der Waals surface area contributed by atoms with Gasteiger partial charge in [0.1, 0.15) is 0 Å². The molecule has 1 fully saturated rings. The molecule has 0 aliphatic carbocycles. The maximum absolute atomic E-state index is 11.7. The lowest BCUT2D eigenvalue weighted by molar-refractivity contribution is -0.149. The summed E-state index contributed by atoms with van der Waals surface area (Å²) < 4.78 is 0. The van der Waals surface area contributed by atoms with E-state index in [0.29, 0.717) is 19.4 Å². The summed E-state index contributed by atoms with van der Waals surface area (Å²) in [5.41, 5.74) is -0.777. The molecule has 0 amide bonds. The van der Waals surface area contributed by atoms with Crippen molar-refractivity contribution in [2.45, 2.75) is 19.3 Å². The van der Waals surface area contributed by atoms with Crippen LogP contribution in [0.25, 0.3) is 0 Å². The molecular formula is C15H22N4O2. The zero-order valence-corrected chi connectivity index (χ0v) is 12.6. The molecule has 21 heavy (non-hydrogen) atoms. The number of hydrogen-bond donors (Lipinski definition) is 1. The molecule has 1 atom stereocenters. The molecule has 1 aliphatic rings. The third kappa shape index (κ3) is 2.99. The molecule has 0 radical (unpaired) electrons. The van der Waals surface area contributed by atoms with Crippen LogP contribution >= 0.6 is 0 Å². The van der Waals surface area contributed by atoms with Gasteiger partial charge in [-0.05, 0) is 19.3 Å². The van der Waals surface area contributed by atoms with E-state index in [-0.39, 0.29) is 0 Å². The van der Waals surface area contributed by atoms with E-state index in [0.717, 1.165) is 24.6 Å². The Bertz CT molecular complexity index is 532.